The van der Waals surface area contributed by atoms with Gasteiger partial charge in [0.15, 0.2) is 5.69 Å². The summed E-state index contributed by atoms with van der Waals surface area (Å²) in [5.74, 6) is 0.126. The molecule has 1 heterocycles. The molecule has 1 atom stereocenters. The van der Waals surface area contributed by atoms with Crippen LogP contribution in [0.1, 0.15) is 5.69 Å². The molecular formula is C20H18FN3O3. The van der Waals surface area contributed by atoms with Crippen LogP contribution in [0, 0.1) is 17.1 Å². The molecule has 0 radical (unpaired) electrons. The number of ether oxygens (including phenoxy) is 1. The van der Waals surface area contributed by atoms with Crippen LogP contribution in [0.25, 0.3) is 10.8 Å². The molecular weight excluding hydrogens is 349 g/mol. The largest absolute Gasteiger partial charge is 0.497 e. The smallest absolute Gasteiger partial charge is 0.164 e. The summed E-state index contributed by atoms with van der Waals surface area (Å²) in [6.07, 6.45) is 0.476. The van der Waals surface area contributed by atoms with Gasteiger partial charge in [-0.2, -0.15) is 5.26 Å². The van der Waals surface area contributed by atoms with E-state index < -0.39 is 18.5 Å². The Morgan fingerprint density at radius 1 is 1.30 bits per heavy atom. The maximum absolute atomic E-state index is 13.8. The van der Waals surface area contributed by atoms with Crippen LogP contribution < -0.4 is 9.64 Å². The van der Waals surface area contributed by atoms with Crippen molar-refractivity contribution in [2.24, 2.45) is 0 Å². The second kappa shape index (κ2) is 7.99. The zero-order valence-electron chi connectivity index (χ0n) is 14.6. The molecule has 0 spiro atoms. The third kappa shape index (κ3) is 3.82. The summed E-state index contributed by atoms with van der Waals surface area (Å²) in [6.45, 7) is -0.526. The van der Waals surface area contributed by atoms with E-state index in [0.717, 1.165) is 5.39 Å². The molecule has 0 saturated heterocycles. The lowest BCUT2D eigenvalue weighted by atomic mass is 10.1. The average molecular weight is 367 g/mol. The molecule has 0 aliphatic rings. The van der Waals surface area contributed by atoms with Crippen LogP contribution in [0.15, 0.2) is 48.7 Å². The summed E-state index contributed by atoms with van der Waals surface area (Å²) in [5.41, 5.74) is 0.952. The van der Waals surface area contributed by atoms with Crippen LogP contribution in [-0.2, 0) is 0 Å². The second-order valence-electron chi connectivity index (χ2n) is 5.95. The maximum atomic E-state index is 13.8. The van der Waals surface area contributed by atoms with Gasteiger partial charge >= 0.3 is 0 Å². The molecule has 7 heteroatoms. The van der Waals surface area contributed by atoms with E-state index in [2.05, 4.69) is 4.98 Å². The standard InChI is InChI=1S/C20H18FN3O3/c1-27-17-6-5-13-10-23-19(9-22)20(18(13)8-17)24(11-16(26)12-25)15-4-2-3-14(21)7-15/h2-8,10,16,25-26H,11-12H2,1H3. The number of benzene rings is 2. The molecule has 0 aliphatic heterocycles. The average Bonchev–Trinajstić information content (AvgIpc) is 2.70. The molecule has 2 N–H and O–H groups in total. The normalized spacial score (nSPS) is 11.8. The Balaban J connectivity index is 2.29. The minimum absolute atomic E-state index is 0.0490. The Hall–Kier alpha value is -3.21. The lowest BCUT2D eigenvalue weighted by molar-refractivity contribution is 0.102. The Labute approximate surface area is 155 Å². The number of nitrogens with zero attached hydrogens (tertiary/aromatic N) is 3. The molecule has 3 aromatic rings. The molecule has 138 valence electrons. The van der Waals surface area contributed by atoms with Crippen LogP contribution >= 0.6 is 0 Å². The van der Waals surface area contributed by atoms with Crippen molar-refractivity contribution in [1.82, 2.24) is 4.98 Å². The van der Waals surface area contributed by atoms with Crippen LogP contribution in [0.3, 0.4) is 0 Å². The number of aliphatic hydroxyl groups is 2. The molecule has 0 aliphatic carbocycles. The van der Waals surface area contributed by atoms with Crippen molar-refractivity contribution in [3.63, 3.8) is 0 Å². The van der Waals surface area contributed by atoms with Gasteiger partial charge in [-0.1, -0.05) is 6.07 Å². The van der Waals surface area contributed by atoms with Gasteiger partial charge in [-0.3, -0.25) is 0 Å². The fourth-order valence-corrected chi connectivity index (χ4v) is 2.90. The third-order valence-electron chi connectivity index (χ3n) is 4.17. The van der Waals surface area contributed by atoms with E-state index in [4.69, 9.17) is 4.74 Å². The molecule has 0 saturated carbocycles. The van der Waals surface area contributed by atoms with Crippen molar-refractivity contribution in [2.75, 3.05) is 25.2 Å². The summed E-state index contributed by atoms with van der Waals surface area (Å²) >= 11 is 0. The Morgan fingerprint density at radius 2 is 2.11 bits per heavy atom. The number of methoxy groups -OCH3 is 1. The first-order chi connectivity index (χ1) is 13.1. The lowest BCUT2D eigenvalue weighted by Gasteiger charge is -2.28. The summed E-state index contributed by atoms with van der Waals surface area (Å²) in [7, 11) is 1.53. The molecule has 0 bridgehead atoms. The van der Waals surface area contributed by atoms with E-state index in [-0.39, 0.29) is 12.2 Å². The van der Waals surface area contributed by atoms with Crippen molar-refractivity contribution in [3.8, 4) is 11.8 Å². The number of pyridine rings is 1. The van der Waals surface area contributed by atoms with Crippen molar-refractivity contribution in [1.29, 1.82) is 5.26 Å². The summed E-state index contributed by atoms with van der Waals surface area (Å²) in [4.78, 5) is 5.78. The van der Waals surface area contributed by atoms with E-state index in [1.807, 2.05) is 6.07 Å². The first-order valence-corrected chi connectivity index (χ1v) is 8.26. The number of nitriles is 1. The first-order valence-electron chi connectivity index (χ1n) is 8.26. The van der Waals surface area contributed by atoms with Gasteiger partial charge in [0.25, 0.3) is 0 Å². The molecule has 0 amide bonds. The molecule has 3 rings (SSSR count). The van der Waals surface area contributed by atoms with Gasteiger partial charge < -0.3 is 19.8 Å². The van der Waals surface area contributed by atoms with E-state index in [9.17, 15) is 19.9 Å². The van der Waals surface area contributed by atoms with Crippen LogP contribution in [-0.4, -0.2) is 41.6 Å². The molecule has 0 fully saturated rings. The van der Waals surface area contributed by atoms with E-state index in [1.165, 1.54) is 25.3 Å². The van der Waals surface area contributed by atoms with Crippen LogP contribution in [0.4, 0.5) is 15.8 Å². The van der Waals surface area contributed by atoms with Crippen molar-refractivity contribution in [2.45, 2.75) is 6.10 Å². The highest BCUT2D eigenvalue weighted by molar-refractivity contribution is 5.98. The fourth-order valence-electron chi connectivity index (χ4n) is 2.90. The Morgan fingerprint density at radius 3 is 2.78 bits per heavy atom. The van der Waals surface area contributed by atoms with Gasteiger partial charge in [-0.25, -0.2) is 9.37 Å². The molecule has 6 nitrogen and oxygen atoms in total. The zero-order valence-corrected chi connectivity index (χ0v) is 14.6. The van der Waals surface area contributed by atoms with Crippen molar-refractivity contribution < 1.29 is 19.3 Å². The number of aromatic nitrogens is 1. The minimum atomic E-state index is -1.10. The zero-order chi connectivity index (χ0) is 19.4. The Bertz CT molecular complexity index is 1000. The fraction of sp³-hybridized carbons (Fsp3) is 0.200. The predicted octanol–water partition coefficient (Wildman–Crippen LogP) is 2.75. The van der Waals surface area contributed by atoms with Gasteiger partial charge in [-0.05, 0) is 36.4 Å². The number of fused-ring (bicyclic) bond motifs is 1. The van der Waals surface area contributed by atoms with E-state index in [0.29, 0.717) is 22.5 Å². The quantitative estimate of drug-likeness (QED) is 0.696. The van der Waals surface area contributed by atoms with Crippen molar-refractivity contribution >= 4 is 22.1 Å². The van der Waals surface area contributed by atoms with E-state index >= 15 is 0 Å². The Kier molecular flexibility index (Phi) is 5.50. The SMILES string of the molecule is COc1ccc2cnc(C#N)c(N(CC(O)CO)c3cccc(F)c3)c2c1. The molecule has 27 heavy (non-hydrogen) atoms. The summed E-state index contributed by atoms with van der Waals surface area (Å²) in [6, 6.07) is 13.2. The molecule has 2 aromatic carbocycles. The number of halogens is 1. The molecule has 1 unspecified atom stereocenters. The summed E-state index contributed by atoms with van der Waals surface area (Å²) < 4.78 is 19.1. The number of anilines is 2. The van der Waals surface area contributed by atoms with Gasteiger partial charge in [-0.15, -0.1) is 0 Å². The maximum Gasteiger partial charge on any atom is 0.164 e. The summed E-state index contributed by atoms with van der Waals surface area (Å²) in [5, 5.41) is 30.4. The number of aliphatic hydroxyl groups excluding tert-OH is 2. The van der Waals surface area contributed by atoms with Gasteiger partial charge in [0.05, 0.1) is 32.1 Å². The van der Waals surface area contributed by atoms with Crippen LogP contribution in [0.2, 0.25) is 0 Å². The second-order valence-corrected chi connectivity index (χ2v) is 5.95. The third-order valence-corrected chi connectivity index (χ3v) is 4.17. The number of hydrogen-bond acceptors (Lipinski definition) is 6. The van der Waals surface area contributed by atoms with Crippen molar-refractivity contribution in [3.05, 3.63) is 60.2 Å². The van der Waals surface area contributed by atoms with Gasteiger partial charge in [0.1, 0.15) is 17.6 Å². The topological polar surface area (TPSA) is 89.6 Å². The highest BCUT2D eigenvalue weighted by atomic mass is 19.1. The van der Waals surface area contributed by atoms with Crippen LogP contribution in [0.5, 0.6) is 5.75 Å². The predicted molar refractivity (Wildman–Crippen MR) is 99.5 cm³/mol. The van der Waals surface area contributed by atoms with E-state index in [1.54, 1.807) is 35.4 Å². The van der Waals surface area contributed by atoms with Gasteiger partial charge in [0, 0.05) is 22.7 Å². The molecule has 1 aromatic heterocycles. The van der Waals surface area contributed by atoms with Gasteiger partial charge in [0.2, 0.25) is 0 Å². The number of rotatable bonds is 6. The monoisotopic (exact) mass is 367 g/mol. The highest BCUT2D eigenvalue weighted by Gasteiger charge is 2.21. The lowest BCUT2D eigenvalue weighted by Crippen LogP contribution is -2.31. The number of hydrogen-bond donors (Lipinski definition) is 2. The minimum Gasteiger partial charge on any atom is -0.497 e. The first kappa shape index (κ1) is 18.6. The highest BCUT2D eigenvalue weighted by Crippen LogP contribution is 2.36.